The zero-order chi connectivity index (χ0) is 19.8. The van der Waals surface area contributed by atoms with Crippen LogP contribution >= 0.6 is 0 Å². The summed E-state index contributed by atoms with van der Waals surface area (Å²) in [5.41, 5.74) is 7.73. The fraction of sp³-hybridized carbons (Fsp3) is 0.0690. The van der Waals surface area contributed by atoms with Gasteiger partial charge in [0.25, 0.3) is 0 Å². The van der Waals surface area contributed by atoms with Crippen LogP contribution < -0.4 is 0 Å². The third kappa shape index (κ3) is 1.95. The fourth-order valence-electron chi connectivity index (χ4n) is 5.51. The van der Waals surface area contributed by atoms with Gasteiger partial charge in [0.05, 0.1) is 11.2 Å². The minimum absolute atomic E-state index is 0.952. The molecule has 0 saturated heterocycles. The second kappa shape index (κ2) is 5.67. The van der Waals surface area contributed by atoms with Crippen molar-refractivity contribution < 1.29 is 0 Å². The van der Waals surface area contributed by atoms with E-state index >= 15 is 0 Å². The summed E-state index contributed by atoms with van der Waals surface area (Å²) in [6.07, 6.45) is 0.952. The van der Waals surface area contributed by atoms with E-state index in [4.69, 9.17) is 4.98 Å². The first-order valence-corrected chi connectivity index (χ1v) is 10.5. The van der Waals surface area contributed by atoms with Gasteiger partial charge in [0.15, 0.2) is 0 Å². The molecule has 0 aliphatic heterocycles. The summed E-state index contributed by atoms with van der Waals surface area (Å²) in [7, 11) is 0. The van der Waals surface area contributed by atoms with Crippen LogP contribution in [0.5, 0.6) is 0 Å². The number of aromatic nitrogens is 1. The van der Waals surface area contributed by atoms with Crippen molar-refractivity contribution in [3.63, 3.8) is 0 Å². The highest BCUT2D eigenvalue weighted by Gasteiger charge is 2.26. The molecule has 0 N–H and O–H groups in total. The van der Waals surface area contributed by atoms with E-state index in [-0.39, 0.29) is 0 Å². The van der Waals surface area contributed by atoms with Crippen molar-refractivity contribution in [2.45, 2.75) is 13.3 Å². The minimum Gasteiger partial charge on any atom is -0.247 e. The second-order valence-corrected chi connectivity index (χ2v) is 8.36. The fourth-order valence-corrected chi connectivity index (χ4v) is 5.51. The molecule has 0 fully saturated rings. The van der Waals surface area contributed by atoms with Crippen molar-refractivity contribution in [1.82, 2.24) is 4.98 Å². The summed E-state index contributed by atoms with van der Waals surface area (Å²) < 4.78 is 0. The van der Waals surface area contributed by atoms with E-state index in [0.717, 1.165) is 11.9 Å². The third-order valence-corrected chi connectivity index (χ3v) is 6.90. The maximum Gasteiger partial charge on any atom is 0.0750 e. The molecule has 0 unspecified atom stereocenters. The lowest BCUT2D eigenvalue weighted by Crippen LogP contribution is -1.92. The highest BCUT2D eigenvalue weighted by atomic mass is 14.7. The topological polar surface area (TPSA) is 12.9 Å². The standard InChI is InChI=1S/C29H19N/c1-17-18-8-6-7-13-27(18)30-29-24-15-14-23-21-11-3-2-9-19(21)20-10-4-5-12-22(20)28(23)26(24)16-25(17)29/h2-15H,16H2,1H3. The van der Waals surface area contributed by atoms with E-state index < -0.39 is 0 Å². The Kier molecular flexibility index (Phi) is 3.05. The van der Waals surface area contributed by atoms with Gasteiger partial charge >= 0.3 is 0 Å². The number of benzene rings is 5. The zero-order valence-corrected chi connectivity index (χ0v) is 16.7. The Morgan fingerprint density at radius 1 is 0.567 bits per heavy atom. The number of hydrogen-bond acceptors (Lipinski definition) is 1. The molecule has 6 aromatic rings. The first-order chi connectivity index (χ1) is 14.8. The molecule has 1 heteroatoms. The van der Waals surface area contributed by atoms with E-state index in [1.165, 1.54) is 65.7 Å². The molecule has 0 spiro atoms. The van der Waals surface area contributed by atoms with Crippen LogP contribution in [-0.2, 0) is 6.42 Å². The van der Waals surface area contributed by atoms with Crippen LogP contribution in [0, 0.1) is 6.92 Å². The molecule has 0 amide bonds. The van der Waals surface area contributed by atoms with Crippen LogP contribution in [0.25, 0.3) is 54.5 Å². The van der Waals surface area contributed by atoms with Crippen molar-refractivity contribution in [1.29, 1.82) is 0 Å². The highest BCUT2D eigenvalue weighted by Crippen LogP contribution is 2.46. The molecule has 140 valence electrons. The molecule has 30 heavy (non-hydrogen) atoms. The quantitative estimate of drug-likeness (QED) is 0.247. The average molecular weight is 381 g/mol. The summed E-state index contributed by atoms with van der Waals surface area (Å²) in [4.78, 5) is 5.11. The number of fused-ring (bicyclic) bond motifs is 11. The predicted octanol–water partition coefficient (Wildman–Crippen LogP) is 7.57. The van der Waals surface area contributed by atoms with E-state index in [9.17, 15) is 0 Å². The number of aryl methyl sites for hydroxylation is 1. The number of pyridine rings is 1. The molecule has 0 radical (unpaired) electrons. The Balaban J connectivity index is 1.67. The predicted molar refractivity (Wildman–Crippen MR) is 127 cm³/mol. The summed E-state index contributed by atoms with van der Waals surface area (Å²) in [5, 5.41) is 9.35. The maximum atomic E-state index is 5.11. The van der Waals surface area contributed by atoms with Crippen molar-refractivity contribution in [3.05, 3.63) is 102 Å². The van der Waals surface area contributed by atoms with Crippen molar-refractivity contribution in [3.8, 4) is 11.3 Å². The lowest BCUT2D eigenvalue weighted by molar-refractivity contribution is 1.22. The molecule has 1 nitrogen and oxygen atoms in total. The molecule has 1 aliphatic carbocycles. The minimum atomic E-state index is 0.952. The van der Waals surface area contributed by atoms with Crippen LogP contribution in [0.2, 0.25) is 0 Å². The van der Waals surface area contributed by atoms with Crippen LogP contribution in [-0.4, -0.2) is 4.98 Å². The Morgan fingerprint density at radius 3 is 1.87 bits per heavy atom. The van der Waals surface area contributed by atoms with Crippen LogP contribution in [0.4, 0.5) is 0 Å². The van der Waals surface area contributed by atoms with Gasteiger partial charge in [-0.3, -0.25) is 0 Å². The Hall–Kier alpha value is -3.71. The number of hydrogen-bond donors (Lipinski definition) is 0. The van der Waals surface area contributed by atoms with Crippen molar-refractivity contribution in [2.75, 3.05) is 0 Å². The van der Waals surface area contributed by atoms with Gasteiger partial charge in [-0.05, 0) is 62.0 Å². The lowest BCUT2D eigenvalue weighted by atomic mass is 9.90. The summed E-state index contributed by atoms with van der Waals surface area (Å²) >= 11 is 0. The van der Waals surface area contributed by atoms with Crippen molar-refractivity contribution in [2.24, 2.45) is 0 Å². The number of nitrogens with zero attached hydrogens (tertiary/aromatic N) is 1. The second-order valence-electron chi connectivity index (χ2n) is 8.36. The summed E-state index contributed by atoms with van der Waals surface area (Å²) in [6.45, 7) is 2.25. The number of rotatable bonds is 0. The SMILES string of the molecule is Cc1c2c(nc3ccccc13)-c1ccc3c4ccccc4c4ccccc4c3c1C2. The molecule has 0 saturated carbocycles. The lowest BCUT2D eigenvalue weighted by Gasteiger charge is -2.13. The number of para-hydroxylation sites is 1. The molecule has 1 heterocycles. The van der Waals surface area contributed by atoms with Crippen LogP contribution in [0.15, 0.2) is 84.9 Å². The van der Waals surface area contributed by atoms with E-state index in [1.54, 1.807) is 0 Å². The normalized spacial score (nSPS) is 12.7. The van der Waals surface area contributed by atoms with E-state index in [1.807, 2.05) is 0 Å². The Morgan fingerprint density at radius 2 is 1.13 bits per heavy atom. The molecular weight excluding hydrogens is 362 g/mol. The van der Waals surface area contributed by atoms with Crippen LogP contribution in [0.1, 0.15) is 16.7 Å². The summed E-state index contributed by atoms with van der Waals surface area (Å²) in [6, 6.07) is 30.8. The molecule has 0 bridgehead atoms. The Labute approximate surface area is 174 Å². The van der Waals surface area contributed by atoms with Gasteiger partial charge in [-0.1, -0.05) is 78.9 Å². The van der Waals surface area contributed by atoms with Gasteiger partial charge in [-0.2, -0.15) is 0 Å². The van der Waals surface area contributed by atoms with Gasteiger partial charge < -0.3 is 0 Å². The smallest absolute Gasteiger partial charge is 0.0750 e. The highest BCUT2D eigenvalue weighted by molar-refractivity contribution is 6.27. The van der Waals surface area contributed by atoms with Gasteiger partial charge in [0.2, 0.25) is 0 Å². The largest absolute Gasteiger partial charge is 0.247 e. The molecule has 0 atom stereocenters. The first-order valence-electron chi connectivity index (χ1n) is 10.5. The van der Waals surface area contributed by atoms with Gasteiger partial charge in [0, 0.05) is 17.4 Å². The molecule has 7 rings (SSSR count). The van der Waals surface area contributed by atoms with Crippen molar-refractivity contribution >= 4 is 43.2 Å². The van der Waals surface area contributed by atoms with E-state index in [0.29, 0.717) is 0 Å². The maximum absolute atomic E-state index is 5.11. The average Bonchev–Trinajstić information content (AvgIpc) is 3.18. The third-order valence-electron chi connectivity index (χ3n) is 6.90. The van der Waals surface area contributed by atoms with E-state index in [2.05, 4.69) is 91.9 Å². The molecule has 1 aromatic heterocycles. The molecular formula is C29H19N. The Bertz CT molecular complexity index is 1640. The zero-order valence-electron chi connectivity index (χ0n) is 16.7. The molecule has 1 aliphatic rings. The van der Waals surface area contributed by atoms with Gasteiger partial charge in [-0.15, -0.1) is 0 Å². The summed E-state index contributed by atoms with van der Waals surface area (Å²) in [5.74, 6) is 0. The monoisotopic (exact) mass is 381 g/mol. The van der Waals surface area contributed by atoms with Crippen LogP contribution in [0.3, 0.4) is 0 Å². The van der Waals surface area contributed by atoms with Gasteiger partial charge in [-0.25, -0.2) is 4.98 Å². The first kappa shape index (κ1) is 16.1. The van der Waals surface area contributed by atoms with Gasteiger partial charge in [0.1, 0.15) is 0 Å². The molecule has 5 aromatic carbocycles.